The van der Waals surface area contributed by atoms with E-state index in [0.29, 0.717) is 5.82 Å². The van der Waals surface area contributed by atoms with Crippen LogP contribution in [0.3, 0.4) is 0 Å². The van der Waals surface area contributed by atoms with Crippen LogP contribution in [-0.2, 0) is 9.59 Å². The summed E-state index contributed by atoms with van der Waals surface area (Å²) in [5, 5.41) is 11.9. The van der Waals surface area contributed by atoms with Gasteiger partial charge in [0.15, 0.2) is 0 Å². The molecule has 0 aliphatic rings. The maximum atomic E-state index is 12.9. The summed E-state index contributed by atoms with van der Waals surface area (Å²) in [6.07, 6.45) is 3.06. The molecule has 3 rings (SSSR count). The third-order valence-electron chi connectivity index (χ3n) is 4.51. The van der Waals surface area contributed by atoms with Crippen molar-refractivity contribution in [2.24, 2.45) is 0 Å². The van der Waals surface area contributed by atoms with Crippen molar-refractivity contribution in [1.82, 2.24) is 24.8 Å². The Kier molecular flexibility index (Phi) is 5.87. The van der Waals surface area contributed by atoms with Crippen molar-refractivity contribution < 1.29 is 19.5 Å². The van der Waals surface area contributed by atoms with E-state index in [4.69, 9.17) is 0 Å². The Morgan fingerprint density at radius 2 is 1.93 bits per heavy atom. The van der Waals surface area contributed by atoms with Gasteiger partial charge in [0.1, 0.15) is 18.2 Å². The normalized spacial score (nSPS) is 11.8. The van der Waals surface area contributed by atoms with E-state index in [1.54, 1.807) is 23.0 Å². The van der Waals surface area contributed by atoms with E-state index in [2.05, 4.69) is 15.3 Å². The zero-order valence-electron chi connectivity index (χ0n) is 16.1. The summed E-state index contributed by atoms with van der Waals surface area (Å²) in [5.41, 5.74) is 1.97. The van der Waals surface area contributed by atoms with Crippen molar-refractivity contribution in [3.63, 3.8) is 0 Å². The summed E-state index contributed by atoms with van der Waals surface area (Å²) in [6.45, 7) is 3.01. The van der Waals surface area contributed by atoms with Gasteiger partial charge in [-0.1, -0.05) is 12.1 Å². The molecule has 2 heterocycles. The molecule has 1 aromatic carbocycles. The first-order chi connectivity index (χ1) is 13.9. The number of rotatable bonds is 7. The lowest BCUT2D eigenvalue weighted by atomic mass is 10.2. The average molecular weight is 395 g/mol. The molecule has 1 atom stereocenters. The number of pyridine rings is 1. The number of carboxylic acid groups (broad SMARTS) is 1. The molecule has 0 spiro atoms. The largest absolute Gasteiger partial charge is 0.480 e. The highest BCUT2D eigenvalue weighted by molar-refractivity contribution is 5.96. The number of nitrogens with one attached hydrogen (secondary N) is 1. The predicted molar refractivity (Wildman–Crippen MR) is 106 cm³/mol. The molecule has 1 unspecified atom stereocenters. The maximum absolute atomic E-state index is 12.9. The van der Waals surface area contributed by atoms with Crippen LogP contribution < -0.4 is 5.32 Å². The van der Waals surface area contributed by atoms with Gasteiger partial charge in [-0.25, -0.2) is 14.8 Å². The van der Waals surface area contributed by atoms with Gasteiger partial charge < -0.3 is 15.3 Å². The summed E-state index contributed by atoms with van der Waals surface area (Å²) in [7, 11) is 0. The van der Waals surface area contributed by atoms with Crippen LogP contribution in [0.15, 0.2) is 48.9 Å². The number of aromatic nitrogens is 3. The monoisotopic (exact) mass is 395 g/mol. The fourth-order valence-corrected chi connectivity index (χ4v) is 2.92. The number of carbonyl (C=O) groups excluding carboxylic acids is 2. The molecule has 0 fully saturated rings. The molecular weight excluding hydrogens is 374 g/mol. The van der Waals surface area contributed by atoms with Gasteiger partial charge in [-0.2, -0.15) is 0 Å². The molecule has 2 amide bonds. The zero-order chi connectivity index (χ0) is 21.0. The van der Waals surface area contributed by atoms with Gasteiger partial charge in [-0.05, 0) is 31.2 Å². The highest BCUT2D eigenvalue weighted by Crippen LogP contribution is 2.17. The number of fused-ring (bicyclic) bond motifs is 1. The number of aliphatic carboxylic acids is 1. The third-order valence-corrected chi connectivity index (χ3v) is 4.51. The van der Waals surface area contributed by atoms with Gasteiger partial charge in [0.25, 0.3) is 5.91 Å². The van der Waals surface area contributed by atoms with Crippen molar-refractivity contribution in [1.29, 1.82) is 0 Å². The fraction of sp³-hybridized carbons (Fsp3) is 0.250. The number of amides is 2. The first kappa shape index (κ1) is 20.0. The average Bonchev–Trinajstić information content (AvgIpc) is 3.14. The quantitative estimate of drug-likeness (QED) is 0.626. The molecule has 2 N–H and O–H groups in total. The second kappa shape index (κ2) is 8.51. The van der Waals surface area contributed by atoms with Crippen molar-refractivity contribution in [3.05, 3.63) is 54.5 Å². The molecule has 29 heavy (non-hydrogen) atoms. The predicted octanol–water partition coefficient (Wildman–Crippen LogP) is 1.47. The second-order valence-electron chi connectivity index (χ2n) is 6.50. The second-order valence-corrected chi connectivity index (χ2v) is 6.50. The smallest absolute Gasteiger partial charge is 0.326 e. The molecule has 2 aromatic heterocycles. The van der Waals surface area contributed by atoms with Crippen LogP contribution in [0, 0.1) is 0 Å². The Balaban J connectivity index is 1.83. The molecule has 9 heteroatoms. The number of imidazole rings is 1. The summed E-state index contributed by atoms with van der Waals surface area (Å²) in [6, 6.07) is 9.84. The number of nitrogens with zero attached hydrogens (tertiary/aromatic N) is 4. The molecule has 3 aromatic rings. The molecule has 0 aliphatic carbocycles. The Morgan fingerprint density at radius 1 is 1.17 bits per heavy atom. The summed E-state index contributed by atoms with van der Waals surface area (Å²) < 4.78 is 1.80. The molecule has 0 bridgehead atoms. The summed E-state index contributed by atoms with van der Waals surface area (Å²) in [4.78, 5) is 45.2. The van der Waals surface area contributed by atoms with Crippen molar-refractivity contribution in [2.45, 2.75) is 19.9 Å². The van der Waals surface area contributed by atoms with E-state index in [9.17, 15) is 19.5 Å². The highest BCUT2D eigenvalue weighted by Gasteiger charge is 2.26. The summed E-state index contributed by atoms with van der Waals surface area (Å²) in [5.74, 6) is -1.26. The van der Waals surface area contributed by atoms with Gasteiger partial charge in [-0.3, -0.25) is 14.2 Å². The van der Waals surface area contributed by atoms with E-state index in [0.717, 1.165) is 11.0 Å². The van der Waals surface area contributed by atoms with Crippen LogP contribution in [0.1, 0.15) is 24.2 Å². The van der Waals surface area contributed by atoms with Crippen molar-refractivity contribution in [3.8, 4) is 5.82 Å². The van der Waals surface area contributed by atoms with E-state index in [1.807, 2.05) is 24.3 Å². The standard InChI is InChI=1S/C20H21N5O4/c1-13(20(28)29)24(10-9-21-14(2)26)19(27)15-7-8-18(22-11-15)25-12-23-16-5-3-4-6-17(16)25/h3-8,11-13H,9-10H2,1-2H3,(H,21,26)(H,28,29). The minimum atomic E-state index is -1.13. The van der Waals surface area contributed by atoms with Crippen LogP contribution in [0.5, 0.6) is 0 Å². The molecule has 150 valence electrons. The first-order valence-electron chi connectivity index (χ1n) is 9.05. The van der Waals surface area contributed by atoms with Crippen LogP contribution >= 0.6 is 0 Å². The number of carboxylic acids is 1. The lowest BCUT2D eigenvalue weighted by Crippen LogP contribution is -2.46. The van der Waals surface area contributed by atoms with Crippen LogP contribution in [0.2, 0.25) is 0 Å². The molecule has 0 saturated heterocycles. The molecule has 9 nitrogen and oxygen atoms in total. The number of hydrogen-bond donors (Lipinski definition) is 2. The lowest BCUT2D eigenvalue weighted by Gasteiger charge is -2.26. The zero-order valence-corrected chi connectivity index (χ0v) is 16.1. The van der Waals surface area contributed by atoms with Gasteiger partial charge in [0.2, 0.25) is 5.91 Å². The maximum Gasteiger partial charge on any atom is 0.326 e. The van der Waals surface area contributed by atoms with Crippen LogP contribution in [0.25, 0.3) is 16.9 Å². The van der Waals surface area contributed by atoms with E-state index in [1.165, 1.54) is 24.9 Å². The van der Waals surface area contributed by atoms with E-state index in [-0.39, 0.29) is 24.6 Å². The number of carbonyl (C=O) groups is 3. The van der Waals surface area contributed by atoms with E-state index >= 15 is 0 Å². The minimum Gasteiger partial charge on any atom is -0.480 e. The molecular formula is C20H21N5O4. The lowest BCUT2D eigenvalue weighted by molar-refractivity contribution is -0.141. The molecule has 0 radical (unpaired) electrons. The van der Waals surface area contributed by atoms with Gasteiger partial charge in [-0.15, -0.1) is 0 Å². The van der Waals surface area contributed by atoms with Crippen molar-refractivity contribution in [2.75, 3.05) is 13.1 Å². The SMILES string of the molecule is CC(=O)NCCN(C(=O)c1ccc(-n2cnc3ccccc32)nc1)C(C)C(=O)O. The van der Waals surface area contributed by atoms with Crippen LogP contribution in [0.4, 0.5) is 0 Å². The van der Waals surface area contributed by atoms with Crippen molar-refractivity contribution >= 4 is 28.8 Å². The van der Waals surface area contributed by atoms with Gasteiger partial charge in [0.05, 0.1) is 16.6 Å². The topological polar surface area (TPSA) is 117 Å². The Morgan fingerprint density at radius 3 is 2.59 bits per heavy atom. The summed E-state index contributed by atoms with van der Waals surface area (Å²) >= 11 is 0. The number of benzene rings is 1. The van der Waals surface area contributed by atoms with Crippen LogP contribution in [-0.4, -0.2) is 61.5 Å². The Hall–Kier alpha value is -3.75. The molecule has 0 aliphatic heterocycles. The third kappa shape index (κ3) is 4.40. The number of hydrogen-bond acceptors (Lipinski definition) is 5. The molecule has 0 saturated carbocycles. The first-order valence-corrected chi connectivity index (χ1v) is 9.05. The minimum absolute atomic E-state index is 0.0692. The highest BCUT2D eigenvalue weighted by atomic mass is 16.4. The number of para-hydroxylation sites is 2. The van der Waals surface area contributed by atoms with Gasteiger partial charge >= 0.3 is 5.97 Å². The fourth-order valence-electron chi connectivity index (χ4n) is 2.92. The van der Waals surface area contributed by atoms with Gasteiger partial charge in [0, 0.05) is 26.2 Å². The Bertz CT molecular complexity index is 1040. The Labute approximate surface area is 167 Å². The van der Waals surface area contributed by atoms with E-state index < -0.39 is 17.9 Å².